The minimum Gasteiger partial charge on any atom is -0.494 e. The van der Waals surface area contributed by atoms with Crippen LogP contribution in [0, 0.1) is 0 Å². The molecule has 0 fully saturated rings. The molecular formula is C12H13ClO3S. The van der Waals surface area contributed by atoms with Crippen molar-refractivity contribution in [2.24, 2.45) is 0 Å². The summed E-state index contributed by atoms with van der Waals surface area (Å²) in [7, 11) is 2.88. The maximum Gasteiger partial charge on any atom is 0.342 e. The van der Waals surface area contributed by atoms with Crippen LogP contribution in [0.15, 0.2) is 11.0 Å². The Kier molecular flexibility index (Phi) is 3.84. The molecule has 0 bridgehead atoms. The standard InChI is InChI=1S/C12H13ClO3S/c1-15-11-8(13)6-9-7(4-3-5-17-9)10(11)12(14)16-2/h6H,3-5H2,1-2H3. The maximum absolute atomic E-state index is 11.8. The number of fused-ring (bicyclic) bond motifs is 1. The fraction of sp³-hybridized carbons (Fsp3) is 0.417. The number of benzene rings is 1. The van der Waals surface area contributed by atoms with E-state index in [9.17, 15) is 4.79 Å². The Hall–Kier alpha value is -0.870. The smallest absolute Gasteiger partial charge is 0.342 e. The number of rotatable bonds is 2. The number of hydrogen-bond donors (Lipinski definition) is 0. The van der Waals surface area contributed by atoms with Crippen LogP contribution in [0.2, 0.25) is 5.02 Å². The highest BCUT2D eigenvalue weighted by Gasteiger charge is 2.25. The van der Waals surface area contributed by atoms with Crippen molar-refractivity contribution in [1.82, 2.24) is 0 Å². The first-order valence-electron chi connectivity index (χ1n) is 5.29. The first-order valence-corrected chi connectivity index (χ1v) is 6.66. The van der Waals surface area contributed by atoms with Crippen molar-refractivity contribution >= 4 is 29.3 Å². The quantitative estimate of drug-likeness (QED) is 0.775. The topological polar surface area (TPSA) is 35.5 Å². The van der Waals surface area contributed by atoms with E-state index >= 15 is 0 Å². The van der Waals surface area contributed by atoms with E-state index in [0.717, 1.165) is 29.1 Å². The summed E-state index contributed by atoms with van der Waals surface area (Å²) < 4.78 is 10.0. The van der Waals surface area contributed by atoms with Crippen molar-refractivity contribution in [3.8, 4) is 5.75 Å². The zero-order valence-electron chi connectivity index (χ0n) is 9.71. The number of carbonyl (C=O) groups is 1. The van der Waals surface area contributed by atoms with Gasteiger partial charge in [-0.1, -0.05) is 11.6 Å². The largest absolute Gasteiger partial charge is 0.494 e. The highest BCUT2D eigenvalue weighted by molar-refractivity contribution is 7.99. The van der Waals surface area contributed by atoms with Gasteiger partial charge < -0.3 is 9.47 Å². The second-order valence-electron chi connectivity index (χ2n) is 3.69. The van der Waals surface area contributed by atoms with E-state index in [1.54, 1.807) is 11.8 Å². The predicted octanol–water partition coefficient (Wildman–Crippen LogP) is 3.17. The lowest BCUT2D eigenvalue weighted by Crippen LogP contribution is -2.12. The number of ether oxygens (including phenoxy) is 2. The molecule has 1 aliphatic rings. The van der Waals surface area contributed by atoms with Gasteiger partial charge >= 0.3 is 5.97 Å². The molecule has 1 heterocycles. The molecule has 1 aromatic rings. The number of methoxy groups -OCH3 is 2. The predicted molar refractivity (Wildman–Crippen MR) is 68.4 cm³/mol. The average Bonchev–Trinajstić information content (AvgIpc) is 2.36. The molecule has 0 amide bonds. The summed E-state index contributed by atoms with van der Waals surface area (Å²) in [5, 5.41) is 0.459. The summed E-state index contributed by atoms with van der Waals surface area (Å²) in [6, 6.07) is 1.87. The van der Waals surface area contributed by atoms with Crippen LogP contribution >= 0.6 is 23.4 Å². The van der Waals surface area contributed by atoms with Gasteiger partial charge in [-0.3, -0.25) is 0 Å². The summed E-state index contributed by atoms with van der Waals surface area (Å²) >= 11 is 7.84. The van der Waals surface area contributed by atoms with E-state index in [0.29, 0.717) is 16.3 Å². The SMILES string of the molecule is COC(=O)c1c2c(cc(Cl)c1OC)SCCC2. The minimum atomic E-state index is -0.386. The summed E-state index contributed by atoms with van der Waals surface area (Å²) in [6.45, 7) is 0. The van der Waals surface area contributed by atoms with Crippen molar-refractivity contribution in [2.45, 2.75) is 17.7 Å². The van der Waals surface area contributed by atoms with Crippen LogP contribution in [-0.2, 0) is 11.2 Å². The summed E-state index contributed by atoms with van der Waals surface area (Å²) in [4.78, 5) is 12.9. The molecule has 0 aromatic heterocycles. The lowest BCUT2D eigenvalue weighted by atomic mass is 10.0. The third-order valence-electron chi connectivity index (χ3n) is 2.72. The van der Waals surface area contributed by atoms with Gasteiger partial charge in [0, 0.05) is 4.90 Å². The van der Waals surface area contributed by atoms with Gasteiger partial charge in [-0.25, -0.2) is 4.79 Å². The highest BCUT2D eigenvalue weighted by atomic mass is 35.5. The number of halogens is 1. The Bertz CT molecular complexity index is 460. The van der Waals surface area contributed by atoms with Crippen molar-refractivity contribution in [3.63, 3.8) is 0 Å². The van der Waals surface area contributed by atoms with Gasteiger partial charge in [-0.15, -0.1) is 11.8 Å². The summed E-state index contributed by atoms with van der Waals surface area (Å²) in [5.74, 6) is 1.08. The van der Waals surface area contributed by atoms with Crippen LogP contribution in [0.25, 0.3) is 0 Å². The fourth-order valence-corrected chi connectivity index (χ4v) is 3.41. The molecule has 1 aromatic carbocycles. The van der Waals surface area contributed by atoms with Crippen LogP contribution in [0.1, 0.15) is 22.3 Å². The molecule has 0 aliphatic carbocycles. The van der Waals surface area contributed by atoms with Crippen molar-refractivity contribution < 1.29 is 14.3 Å². The minimum absolute atomic E-state index is 0.386. The number of carbonyl (C=O) groups excluding carboxylic acids is 1. The van der Waals surface area contributed by atoms with Crippen LogP contribution in [0.5, 0.6) is 5.75 Å². The molecule has 1 aliphatic heterocycles. The van der Waals surface area contributed by atoms with E-state index in [-0.39, 0.29) is 5.97 Å². The van der Waals surface area contributed by atoms with E-state index in [1.807, 2.05) is 6.07 Å². The Labute approximate surface area is 109 Å². The molecular weight excluding hydrogens is 260 g/mol. The van der Waals surface area contributed by atoms with E-state index < -0.39 is 0 Å². The average molecular weight is 273 g/mol. The van der Waals surface area contributed by atoms with Gasteiger partial charge in [-0.2, -0.15) is 0 Å². The molecule has 0 N–H and O–H groups in total. The van der Waals surface area contributed by atoms with Crippen molar-refractivity contribution in [3.05, 3.63) is 22.2 Å². The lowest BCUT2D eigenvalue weighted by Gasteiger charge is -2.20. The highest BCUT2D eigenvalue weighted by Crippen LogP contribution is 2.41. The van der Waals surface area contributed by atoms with E-state index in [4.69, 9.17) is 21.1 Å². The molecule has 92 valence electrons. The summed E-state index contributed by atoms with van der Waals surface area (Å²) in [6.07, 6.45) is 1.91. The molecule has 0 radical (unpaired) electrons. The Morgan fingerprint density at radius 1 is 1.47 bits per heavy atom. The molecule has 0 saturated carbocycles. The fourth-order valence-electron chi connectivity index (χ4n) is 1.97. The zero-order valence-corrected chi connectivity index (χ0v) is 11.3. The molecule has 2 rings (SSSR count). The van der Waals surface area contributed by atoms with E-state index in [2.05, 4.69) is 0 Å². The molecule has 0 atom stereocenters. The third-order valence-corrected chi connectivity index (χ3v) is 4.17. The van der Waals surface area contributed by atoms with Crippen LogP contribution < -0.4 is 4.74 Å². The Morgan fingerprint density at radius 2 is 2.24 bits per heavy atom. The molecule has 3 nitrogen and oxygen atoms in total. The normalized spacial score (nSPS) is 14.1. The maximum atomic E-state index is 11.8. The summed E-state index contributed by atoms with van der Waals surface area (Å²) in [5.41, 5.74) is 1.47. The number of thioether (sulfide) groups is 1. The van der Waals surface area contributed by atoms with E-state index in [1.165, 1.54) is 14.2 Å². The monoisotopic (exact) mass is 272 g/mol. The third kappa shape index (κ3) is 2.24. The molecule has 0 unspecified atom stereocenters. The number of hydrogen-bond acceptors (Lipinski definition) is 4. The van der Waals surface area contributed by atoms with Gasteiger partial charge in [0.25, 0.3) is 0 Å². The van der Waals surface area contributed by atoms with Gasteiger partial charge in [0.2, 0.25) is 0 Å². The first kappa shape index (κ1) is 12.6. The molecule has 17 heavy (non-hydrogen) atoms. The van der Waals surface area contributed by atoms with Gasteiger partial charge in [0.05, 0.1) is 19.2 Å². The van der Waals surface area contributed by atoms with Crippen LogP contribution in [-0.4, -0.2) is 25.9 Å². The van der Waals surface area contributed by atoms with Gasteiger partial charge in [0.1, 0.15) is 5.56 Å². The second-order valence-corrected chi connectivity index (χ2v) is 5.23. The first-order chi connectivity index (χ1) is 8.19. The van der Waals surface area contributed by atoms with Crippen molar-refractivity contribution in [1.29, 1.82) is 0 Å². The van der Waals surface area contributed by atoms with Gasteiger partial charge in [0.15, 0.2) is 5.75 Å². The molecule has 5 heteroatoms. The molecule has 0 spiro atoms. The lowest BCUT2D eigenvalue weighted by molar-refractivity contribution is 0.0595. The second kappa shape index (κ2) is 5.19. The number of esters is 1. The van der Waals surface area contributed by atoms with Crippen LogP contribution in [0.3, 0.4) is 0 Å². The van der Waals surface area contributed by atoms with Crippen LogP contribution in [0.4, 0.5) is 0 Å². The van der Waals surface area contributed by atoms with Gasteiger partial charge in [-0.05, 0) is 30.2 Å². The Balaban J connectivity index is 2.65. The van der Waals surface area contributed by atoms with Crippen molar-refractivity contribution in [2.75, 3.05) is 20.0 Å². The zero-order chi connectivity index (χ0) is 12.4. The Morgan fingerprint density at radius 3 is 2.88 bits per heavy atom. The molecule has 0 saturated heterocycles.